The number of hydrogen-bond donors (Lipinski definition) is 0. The Kier molecular flexibility index (Phi) is 8.68. The van der Waals surface area contributed by atoms with Gasteiger partial charge in [-0.1, -0.05) is 106 Å². The van der Waals surface area contributed by atoms with Crippen LogP contribution in [0.3, 0.4) is 0 Å². The van der Waals surface area contributed by atoms with Crippen LogP contribution in [-0.2, 0) is 22.1 Å². The lowest BCUT2D eigenvalue weighted by molar-refractivity contribution is 0.277. The van der Waals surface area contributed by atoms with Crippen LogP contribution >= 0.6 is 15.9 Å². The molecule has 0 N–H and O–H groups in total. The van der Waals surface area contributed by atoms with Crippen LogP contribution in [0.25, 0.3) is 32.7 Å². The van der Waals surface area contributed by atoms with E-state index in [9.17, 15) is 0 Å². The molecule has 5 heteroatoms. The number of hydrogen-bond acceptors (Lipinski definition) is 2. The molecule has 0 bridgehead atoms. The highest BCUT2D eigenvalue weighted by Crippen LogP contribution is 2.42. The molecule has 0 fully saturated rings. The van der Waals surface area contributed by atoms with Crippen molar-refractivity contribution in [2.45, 2.75) is 97.9 Å². The molecular weight excluding hydrogens is 588 g/mol. The Morgan fingerprint density at radius 2 is 1.10 bits per heavy atom. The molecule has 4 aromatic rings. The topological polar surface area (TPSA) is 18.5 Å². The van der Waals surface area contributed by atoms with Gasteiger partial charge in [0, 0.05) is 4.47 Å². The van der Waals surface area contributed by atoms with E-state index < -0.39 is 16.6 Å². The smallest absolute Gasteiger partial charge is 0.192 e. The van der Waals surface area contributed by atoms with Crippen LogP contribution in [0.5, 0.6) is 0 Å². The molecule has 0 saturated carbocycles. The van der Waals surface area contributed by atoms with Crippen molar-refractivity contribution in [2.24, 2.45) is 0 Å². The zero-order chi connectivity index (χ0) is 29.7. The number of halogens is 1. The summed E-state index contributed by atoms with van der Waals surface area (Å²) in [5, 5.41) is 5.38. The lowest BCUT2D eigenvalue weighted by atomic mass is 9.89. The summed E-state index contributed by atoms with van der Waals surface area (Å²) in [5.74, 6) is 0. The van der Waals surface area contributed by atoms with Gasteiger partial charge in [0.25, 0.3) is 0 Å². The van der Waals surface area contributed by atoms with Gasteiger partial charge < -0.3 is 8.85 Å². The summed E-state index contributed by atoms with van der Waals surface area (Å²) in [6, 6.07) is 22.3. The lowest BCUT2D eigenvalue weighted by Crippen LogP contribution is -2.40. The molecule has 0 aliphatic heterocycles. The van der Waals surface area contributed by atoms with Crippen molar-refractivity contribution < 1.29 is 8.85 Å². The third kappa shape index (κ3) is 6.05. The fourth-order valence-electron chi connectivity index (χ4n) is 4.69. The van der Waals surface area contributed by atoms with Gasteiger partial charge >= 0.3 is 0 Å². The minimum absolute atomic E-state index is 0.147. The molecule has 4 rings (SSSR count). The van der Waals surface area contributed by atoms with Gasteiger partial charge in [-0.15, -0.1) is 0 Å². The summed E-state index contributed by atoms with van der Waals surface area (Å²) in [6.07, 6.45) is 0. The first-order valence-electron chi connectivity index (χ1n) is 14.4. The predicted octanol–water partition coefficient (Wildman–Crippen LogP) is 11.8. The van der Waals surface area contributed by atoms with Crippen LogP contribution in [0.2, 0.25) is 36.3 Å². The number of benzene rings is 4. The van der Waals surface area contributed by atoms with Crippen molar-refractivity contribution in [2.75, 3.05) is 0 Å². The van der Waals surface area contributed by atoms with E-state index in [2.05, 4.69) is 151 Å². The molecule has 40 heavy (non-hydrogen) atoms. The molecule has 0 aliphatic rings. The van der Waals surface area contributed by atoms with Gasteiger partial charge in [-0.3, -0.25) is 0 Å². The predicted molar refractivity (Wildman–Crippen MR) is 183 cm³/mol. The van der Waals surface area contributed by atoms with Crippen LogP contribution in [0.1, 0.15) is 58.2 Å². The second-order valence-corrected chi connectivity index (χ2v) is 24.7. The van der Waals surface area contributed by atoms with Crippen molar-refractivity contribution in [3.8, 4) is 11.1 Å². The van der Waals surface area contributed by atoms with Gasteiger partial charge in [0.05, 0.1) is 13.2 Å². The van der Waals surface area contributed by atoms with Crippen molar-refractivity contribution >= 4 is 54.1 Å². The van der Waals surface area contributed by atoms with Gasteiger partial charge in [0.15, 0.2) is 16.6 Å². The first kappa shape index (κ1) is 31.2. The summed E-state index contributed by atoms with van der Waals surface area (Å²) in [4.78, 5) is 0. The SMILES string of the molecule is Cc1c(Br)cccc1-c1ccc2c(CO[Si](C)(C)C(C)(C)C)c3ccccc3c(CO[Si](C)(C)C(C)(C)C)c2c1. The highest BCUT2D eigenvalue weighted by Gasteiger charge is 2.38. The zero-order valence-electron chi connectivity index (χ0n) is 26.4. The average molecular weight is 636 g/mol. The normalized spacial score (nSPS) is 13.4. The first-order chi connectivity index (χ1) is 18.4. The van der Waals surface area contributed by atoms with Gasteiger partial charge in [-0.05, 0) is 105 Å². The van der Waals surface area contributed by atoms with Gasteiger partial charge in [-0.25, -0.2) is 0 Å². The van der Waals surface area contributed by atoms with Crippen molar-refractivity contribution in [1.82, 2.24) is 0 Å². The van der Waals surface area contributed by atoms with Crippen molar-refractivity contribution in [3.05, 3.63) is 81.8 Å². The molecule has 0 spiro atoms. The highest BCUT2D eigenvalue weighted by atomic mass is 79.9. The summed E-state index contributed by atoms with van der Waals surface area (Å²) in [5.41, 5.74) is 6.29. The minimum atomic E-state index is -1.96. The van der Waals surface area contributed by atoms with E-state index in [4.69, 9.17) is 8.85 Å². The van der Waals surface area contributed by atoms with Crippen molar-refractivity contribution in [3.63, 3.8) is 0 Å². The van der Waals surface area contributed by atoms with E-state index in [1.165, 1.54) is 49.4 Å². The second-order valence-electron chi connectivity index (χ2n) is 14.3. The highest BCUT2D eigenvalue weighted by molar-refractivity contribution is 9.10. The Morgan fingerprint density at radius 3 is 1.60 bits per heavy atom. The summed E-state index contributed by atoms with van der Waals surface area (Å²) in [7, 11) is -3.90. The molecule has 0 heterocycles. The van der Waals surface area contributed by atoms with E-state index in [0.29, 0.717) is 13.2 Å². The molecular formula is C35H47BrO2Si2. The largest absolute Gasteiger partial charge is 0.413 e. The third-order valence-corrected chi connectivity index (χ3v) is 19.4. The Balaban J connectivity index is 1.97. The maximum absolute atomic E-state index is 6.89. The van der Waals surface area contributed by atoms with E-state index >= 15 is 0 Å². The second kappa shape index (κ2) is 11.1. The van der Waals surface area contributed by atoms with E-state index in [1.54, 1.807) is 0 Å². The summed E-state index contributed by atoms with van der Waals surface area (Å²) in [6.45, 7) is 26.6. The molecule has 0 saturated heterocycles. The van der Waals surface area contributed by atoms with Crippen LogP contribution in [0, 0.1) is 6.92 Å². The number of rotatable bonds is 7. The maximum Gasteiger partial charge on any atom is 0.192 e. The molecule has 0 unspecified atom stereocenters. The molecule has 0 radical (unpaired) electrons. The van der Waals surface area contributed by atoms with Crippen LogP contribution in [0.15, 0.2) is 65.1 Å². The molecule has 0 aliphatic carbocycles. The van der Waals surface area contributed by atoms with Gasteiger partial charge in [0.1, 0.15) is 0 Å². The van der Waals surface area contributed by atoms with Gasteiger partial charge in [-0.2, -0.15) is 0 Å². The van der Waals surface area contributed by atoms with E-state index in [0.717, 1.165) is 4.47 Å². The van der Waals surface area contributed by atoms with Crippen molar-refractivity contribution in [1.29, 1.82) is 0 Å². The Morgan fingerprint density at radius 1 is 0.625 bits per heavy atom. The monoisotopic (exact) mass is 634 g/mol. The first-order valence-corrected chi connectivity index (χ1v) is 21.1. The standard InChI is InChI=1S/C35H47BrO2Si2/c1-24-26(17-14-18-33(24)36)25-19-20-29-30(21-25)32(23-38-40(10,11)35(5,6)7)28-16-13-12-15-27(28)31(29)22-37-39(8,9)34(2,3)4/h12-21H,22-23H2,1-11H3. The minimum Gasteiger partial charge on any atom is -0.413 e. The summed E-state index contributed by atoms with van der Waals surface area (Å²) < 4.78 is 14.9. The lowest BCUT2D eigenvalue weighted by Gasteiger charge is -2.37. The Hall–Kier alpha value is -1.77. The molecule has 0 amide bonds. The molecule has 214 valence electrons. The van der Waals surface area contributed by atoms with E-state index in [1.807, 2.05) is 0 Å². The average Bonchev–Trinajstić information content (AvgIpc) is 2.86. The Labute approximate surface area is 252 Å². The zero-order valence-corrected chi connectivity index (χ0v) is 30.0. The Bertz CT molecular complexity index is 1540. The van der Waals surface area contributed by atoms with Crippen LogP contribution in [-0.4, -0.2) is 16.6 Å². The summed E-state index contributed by atoms with van der Waals surface area (Å²) >= 11 is 3.74. The fourth-order valence-corrected chi connectivity index (χ4v) is 6.94. The van der Waals surface area contributed by atoms with Crippen LogP contribution in [0.4, 0.5) is 0 Å². The van der Waals surface area contributed by atoms with Crippen LogP contribution < -0.4 is 0 Å². The third-order valence-electron chi connectivity index (χ3n) is 9.59. The molecule has 0 aromatic heterocycles. The molecule has 4 aromatic carbocycles. The quantitative estimate of drug-likeness (QED) is 0.149. The van der Waals surface area contributed by atoms with E-state index in [-0.39, 0.29) is 10.1 Å². The van der Waals surface area contributed by atoms with Gasteiger partial charge in [0.2, 0.25) is 0 Å². The molecule has 0 atom stereocenters. The maximum atomic E-state index is 6.89. The molecule has 2 nitrogen and oxygen atoms in total. The fraction of sp³-hybridized carbons (Fsp3) is 0.429. The number of fused-ring (bicyclic) bond motifs is 2.